The summed E-state index contributed by atoms with van der Waals surface area (Å²) in [5, 5.41) is 10.3. The van der Waals surface area contributed by atoms with Gasteiger partial charge in [0.15, 0.2) is 0 Å². The summed E-state index contributed by atoms with van der Waals surface area (Å²) in [4.78, 5) is 33.5. The number of allylic oxidation sites excluding steroid dienone is 2. The molecule has 0 aromatic heterocycles. The number of ketones is 2. The standard InChI is InChI=1S/C10H5ClN2O4/c11-7-8(12)9(14)4-2-1-3-5(13(16)17)6(4)10(7)15/h1-3H,12H2. The van der Waals surface area contributed by atoms with Crippen LogP contribution in [0, 0.1) is 10.1 Å². The van der Waals surface area contributed by atoms with E-state index in [4.69, 9.17) is 17.3 Å². The number of hydrogen-bond acceptors (Lipinski definition) is 5. The first-order chi connectivity index (χ1) is 7.95. The van der Waals surface area contributed by atoms with Crippen molar-refractivity contribution in [2.24, 2.45) is 5.73 Å². The topological polar surface area (TPSA) is 103 Å². The van der Waals surface area contributed by atoms with Crippen LogP contribution in [0.4, 0.5) is 5.69 Å². The Labute approximate surface area is 99.8 Å². The molecule has 0 saturated heterocycles. The van der Waals surface area contributed by atoms with Crippen molar-refractivity contribution in [1.29, 1.82) is 0 Å². The minimum atomic E-state index is -0.800. The highest BCUT2D eigenvalue weighted by Crippen LogP contribution is 2.32. The molecule has 0 amide bonds. The number of nitrogens with two attached hydrogens (primary N) is 1. The van der Waals surface area contributed by atoms with Gasteiger partial charge >= 0.3 is 0 Å². The predicted octanol–water partition coefficient (Wildman–Crippen LogP) is 1.38. The molecule has 0 saturated carbocycles. The van der Waals surface area contributed by atoms with E-state index in [1.165, 1.54) is 12.1 Å². The third-order valence-corrected chi connectivity index (χ3v) is 2.77. The summed E-state index contributed by atoms with van der Waals surface area (Å²) in [6.07, 6.45) is 0. The number of benzene rings is 1. The zero-order valence-corrected chi connectivity index (χ0v) is 9.02. The van der Waals surface area contributed by atoms with Crippen LogP contribution < -0.4 is 5.73 Å². The average molecular weight is 253 g/mol. The van der Waals surface area contributed by atoms with Crippen LogP contribution in [-0.4, -0.2) is 16.5 Å². The van der Waals surface area contributed by atoms with Gasteiger partial charge in [-0.15, -0.1) is 0 Å². The normalized spacial score (nSPS) is 14.9. The molecule has 0 heterocycles. The monoisotopic (exact) mass is 252 g/mol. The van der Waals surface area contributed by atoms with Gasteiger partial charge in [-0.2, -0.15) is 0 Å². The molecule has 6 nitrogen and oxygen atoms in total. The third kappa shape index (κ3) is 1.50. The van der Waals surface area contributed by atoms with Crippen molar-refractivity contribution in [3.63, 3.8) is 0 Å². The lowest BCUT2D eigenvalue weighted by Gasteiger charge is -2.14. The Morgan fingerprint density at radius 3 is 2.47 bits per heavy atom. The number of carbonyl (C=O) groups excluding carboxylic acids is 2. The molecule has 0 fully saturated rings. The first-order valence-electron chi connectivity index (χ1n) is 4.47. The first kappa shape index (κ1) is 11.3. The molecule has 1 aromatic carbocycles. The van der Waals surface area contributed by atoms with Crippen LogP contribution in [0.15, 0.2) is 28.9 Å². The van der Waals surface area contributed by atoms with E-state index in [1.807, 2.05) is 0 Å². The van der Waals surface area contributed by atoms with E-state index in [0.29, 0.717) is 0 Å². The number of nitrogens with zero attached hydrogens (tertiary/aromatic N) is 1. The molecule has 0 unspecified atom stereocenters. The van der Waals surface area contributed by atoms with Crippen LogP contribution in [0.5, 0.6) is 0 Å². The smallest absolute Gasteiger partial charge is 0.281 e. The number of Topliss-reactive ketones (excluding diaryl/α,β-unsaturated/α-hetero) is 2. The number of halogens is 1. The number of nitro benzene ring substituents is 1. The molecular formula is C10H5ClN2O4. The lowest BCUT2D eigenvalue weighted by atomic mass is 9.91. The summed E-state index contributed by atoms with van der Waals surface area (Å²) < 4.78 is 0. The second-order valence-electron chi connectivity index (χ2n) is 3.34. The van der Waals surface area contributed by atoms with Crippen LogP contribution in [0.1, 0.15) is 20.7 Å². The van der Waals surface area contributed by atoms with Crippen molar-refractivity contribution in [3.05, 3.63) is 50.2 Å². The third-order valence-electron chi connectivity index (χ3n) is 2.39. The van der Waals surface area contributed by atoms with Gasteiger partial charge in [-0.3, -0.25) is 19.7 Å². The molecule has 7 heteroatoms. The van der Waals surface area contributed by atoms with Gasteiger partial charge in [0.05, 0.1) is 4.92 Å². The zero-order valence-electron chi connectivity index (χ0n) is 8.27. The average Bonchev–Trinajstić information content (AvgIpc) is 2.32. The summed E-state index contributed by atoms with van der Waals surface area (Å²) in [5.74, 6) is -1.47. The van der Waals surface area contributed by atoms with E-state index in [0.717, 1.165) is 6.07 Å². The highest BCUT2D eigenvalue weighted by atomic mass is 35.5. The maximum absolute atomic E-state index is 11.8. The number of rotatable bonds is 1. The fraction of sp³-hybridized carbons (Fsp3) is 0. The summed E-state index contributed by atoms with van der Waals surface area (Å²) in [6.45, 7) is 0. The van der Waals surface area contributed by atoms with Crippen molar-refractivity contribution < 1.29 is 14.5 Å². The molecule has 2 N–H and O–H groups in total. The molecule has 0 aliphatic heterocycles. The molecule has 0 atom stereocenters. The SMILES string of the molecule is NC1=C(Cl)C(=O)c2c(cccc2[N+](=O)[O-])C1=O. The van der Waals surface area contributed by atoms with Gasteiger partial charge in [0, 0.05) is 11.6 Å². The van der Waals surface area contributed by atoms with Crippen molar-refractivity contribution in [2.45, 2.75) is 0 Å². The molecule has 2 rings (SSSR count). The van der Waals surface area contributed by atoms with Crippen molar-refractivity contribution >= 4 is 28.9 Å². The van der Waals surface area contributed by atoms with E-state index >= 15 is 0 Å². The van der Waals surface area contributed by atoms with Crippen LogP contribution in [-0.2, 0) is 0 Å². The second kappa shape index (κ2) is 3.67. The Hall–Kier alpha value is -2.21. The fourth-order valence-electron chi connectivity index (χ4n) is 1.60. The van der Waals surface area contributed by atoms with Crippen LogP contribution in [0.25, 0.3) is 0 Å². The lowest BCUT2D eigenvalue weighted by molar-refractivity contribution is -0.385. The van der Waals surface area contributed by atoms with Gasteiger partial charge in [-0.25, -0.2) is 0 Å². The van der Waals surface area contributed by atoms with Gasteiger partial charge in [-0.05, 0) is 6.07 Å². The number of carbonyl (C=O) groups is 2. The van der Waals surface area contributed by atoms with E-state index < -0.39 is 27.2 Å². The minimum Gasteiger partial charge on any atom is -0.394 e. The van der Waals surface area contributed by atoms with Gasteiger partial charge < -0.3 is 5.73 Å². The van der Waals surface area contributed by atoms with E-state index in [-0.39, 0.29) is 16.8 Å². The summed E-state index contributed by atoms with van der Waals surface area (Å²) >= 11 is 5.58. The molecule has 86 valence electrons. The van der Waals surface area contributed by atoms with Crippen LogP contribution in [0.3, 0.4) is 0 Å². The summed E-state index contributed by atoms with van der Waals surface area (Å²) in [5.41, 5.74) is 4.13. The van der Waals surface area contributed by atoms with E-state index in [9.17, 15) is 19.7 Å². The molecule has 0 radical (unpaired) electrons. The Bertz CT molecular complexity index is 606. The Morgan fingerprint density at radius 2 is 1.88 bits per heavy atom. The van der Waals surface area contributed by atoms with E-state index in [2.05, 4.69) is 0 Å². The second-order valence-corrected chi connectivity index (χ2v) is 3.72. The van der Waals surface area contributed by atoms with Crippen LogP contribution >= 0.6 is 11.6 Å². The Balaban J connectivity index is 2.81. The largest absolute Gasteiger partial charge is 0.394 e. The molecule has 1 aromatic rings. The quantitative estimate of drug-likeness (QED) is 0.601. The molecule has 0 spiro atoms. The maximum Gasteiger partial charge on any atom is 0.281 e. The van der Waals surface area contributed by atoms with Crippen molar-refractivity contribution in [3.8, 4) is 0 Å². The summed E-state index contributed by atoms with van der Waals surface area (Å²) in [7, 11) is 0. The lowest BCUT2D eigenvalue weighted by Crippen LogP contribution is -2.25. The fourth-order valence-corrected chi connectivity index (χ4v) is 1.78. The molecule has 1 aliphatic rings. The molecular weight excluding hydrogens is 248 g/mol. The summed E-state index contributed by atoms with van der Waals surface area (Å²) in [6, 6.07) is 3.75. The number of fused-ring (bicyclic) bond motifs is 1. The molecule has 1 aliphatic carbocycles. The minimum absolute atomic E-state index is 0.0916. The van der Waals surface area contributed by atoms with Crippen molar-refractivity contribution in [2.75, 3.05) is 0 Å². The number of hydrogen-bond donors (Lipinski definition) is 1. The van der Waals surface area contributed by atoms with Gasteiger partial charge in [0.25, 0.3) is 5.69 Å². The van der Waals surface area contributed by atoms with Crippen molar-refractivity contribution in [1.82, 2.24) is 0 Å². The molecule has 0 bridgehead atoms. The highest BCUT2D eigenvalue weighted by Gasteiger charge is 2.35. The van der Waals surface area contributed by atoms with Gasteiger partial charge in [0.2, 0.25) is 11.6 Å². The maximum atomic E-state index is 11.8. The predicted molar refractivity (Wildman–Crippen MR) is 58.8 cm³/mol. The Kier molecular flexibility index (Phi) is 2.44. The first-order valence-corrected chi connectivity index (χ1v) is 4.85. The van der Waals surface area contributed by atoms with Gasteiger partial charge in [0.1, 0.15) is 16.3 Å². The molecule has 17 heavy (non-hydrogen) atoms. The highest BCUT2D eigenvalue weighted by molar-refractivity contribution is 6.50. The Morgan fingerprint density at radius 1 is 1.24 bits per heavy atom. The number of nitro groups is 1. The van der Waals surface area contributed by atoms with Gasteiger partial charge in [-0.1, -0.05) is 17.7 Å². The zero-order chi connectivity index (χ0) is 12.7. The van der Waals surface area contributed by atoms with Crippen LogP contribution in [0.2, 0.25) is 0 Å². The van der Waals surface area contributed by atoms with E-state index in [1.54, 1.807) is 0 Å².